The fourth-order valence-corrected chi connectivity index (χ4v) is 1.95. The molecule has 0 radical (unpaired) electrons. The molecule has 0 bridgehead atoms. The normalized spacial score (nSPS) is 10.0. The highest BCUT2D eigenvalue weighted by Crippen LogP contribution is 2.27. The van der Waals surface area contributed by atoms with E-state index >= 15 is 0 Å². The first kappa shape index (κ1) is 19.1. The quantitative estimate of drug-likeness (QED) is 0.526. The summed E-state index contributed by atoms with van der Waals surface area (Å²) >= 11 is 11.7. The SMILES string of the molecule is O=C([O-])CCC(=O)NNC(=O)CCCOc1ccc(Cl)cc1Cl. The van der Waals surface area contributed by atoms with E-state index in [2.05, 4.69) is 10.9 Å². The van der Waals surface area contributed by atoms with Crippen molar-refractivity contribution >= 4 is 41.0 Å². The zero-order chi connectivity index (χ0) is 17.2. The zero-order valence-electron chi connectivity index (χ0n) is 12.1. The molecule has 0 spiro atoms. The van der Waals surface area contributed by atoms with Crippen LogP contribution in [0.2, 0.25) is 10.0 Å². The highest BCUT2D eigenvalue weighted by atomic mass is 35.5. The maximum atomic E-state index is 11.5. The maximum Gasteiger partial charge on any atom is 0.238 e. The standard InChI is InChI=1S/C14H16Cl2N2O5/c15-9-3-4-11(10(16)8-9)23-7-1-2-12(19)17-18-13(20)5-6-14(21)22/h3-4,8H,1-2,5-7H2,(H,17,19)(H,18,20)(H,21,22)/p-1. The molecular formula is C14H15Cl2N2O5-. The zero-order valence-corrected chi connectivity index (χ0v) is 13.6. The lowest BCUT2D eigenvalue weighted by Crippen LogP contribution is -2.42. The molecule has 0 heterocycles. The molecule has 0 aliphatic rings. The van der Waals surface area contributed by atoms with Gasteiger partial charge in [0.15, 0.2) is 0 Å². The van der Waals surface area contributed by atoms with Crippen molar-refractivity contribution in [3.63, 3.8) is 0 Å². The van der Waals surface area contributed by atoms with E-state index in [1.165, 1.54) is 0 Å². The lowest BCUT2D eigenvalue weighted by atomic mass is 10.3. The molecule has 1 aromatic carbocycles. The molecule has 0 aliphatic heterocycles. The van der Waals surface area contributed by atoms with Crippen molar-refractivity contribution in [3.8, 4) is 5.75 Å². The lowest BCUT2D eigenvalue weighted by Gasteiger charge is -2.09. The van der Waals surface area contributed by atoms with Gasteiger partial charge in [0.1, 0.15) is 5.75 Å². The minimum Gasteiger partial charge on any atom is -0.550 e. The third-order valence-electron chi connectivity index (χ3n) is 2.60. The molecule has 0 saturated heterocycles. The molecule has 2 amide bonds. The first-order valence-corrected chi connectivity index (χ1v) is 7.49. The smallest absolute Gasteiger partial charge is 0.238 e. The van der Waals surface area contributed by atoms with Gasteiger partial charge in [-0.15, -0.1) is 0 Å². The van der Waals surface area contributed by atoms with Crippen molar-refractivity contribution in [1.29, 1.82) is 0 Å². The van der Waals surface area contributed by atoms with Crippen LogP contribution in [0.4, 0.5) is 0 Å². The van der Waals surface area contributed by atoms with Crippen LogP contribution in [0.3, 0.4) is 0 Å². The Kier molecular flexibility index (Phi) is 8.21. The van der Waals surface area contributed by atoms with Crippen LogP contribution < -0.4 is 20.7 Å². The van der Waals surface area contributed by atoms with Crippen LogP contribution >= 0.6 is 23.2 Å². The molecule has 2 N–H and O–H groups in total. The predicted octanol–water partition coefficient (Wildman–Crippen LogP) is 0.830. The molecule has 1 rings (SSSR count). The van der Waals surface area contributed by atoms with Gasteiger partial charge in [0, 0.05) is 23.8 Å². The minimum atomic E-state index is -1.33. The van der Waals surface area contributed by atoms with Crippen molar-refractivity contribution in [3.05, 3.63) is 28.2 Å². The highest BCUT2D eigenvalue weighted by molar-refractivity contribution is 6.35. The monoisotopic (exact) mass is 361 g/mol. The van der Waals surface area contributed by atoms with Gasteiger partial charge in [0.25, 0.3) is 0 Å². The van der Waals surface area contributed by atoms with Gasteiger partial charge in [-0.2, -0.15) is 0 Å². The van der Waals surface area contributed by atoms with Crippen LogP contribution in [0, 0.1) is 0 Å². The minimum absolute atomic E-state index is 0.117. The Balaban J connectivity index is 2.16. The third kappa shape index (κ3) is 8.27. The topological polar surface area (TPSA) is 108 Å². The number of carbonyl (C=O) groups excluding carboxylic acids is 3. The number of hydrazine groups is 1. The van der Waals surface area contributed by atoms with Crippen molar-refractivity contribution in [2.45, 2.75) is 25.7 Å². The molecule has 0 saturated carbocycles. The van der Waals surface area contributed by atoms with E-state index in [4.69, 9.17) is 27.9 Å². The number of carboxylic acid groups (broad SMARTS) is 1. The summed E-state index contributed by atoms with van der Waals surface area (Å²) in [5.41, 5.74) is 4.28. The first-order valence-electron chi connectivity index (χ1n) is 6.74. The average molecular weight is 362 g/mol. The van der Waals surface area contributed by atoms with E-state index in [1.54, 1.807) is 18.2 Å². The number of amides is 2. The highest BCUT2D eigenvalue weighted by Gasteiger charge is 2.06. The molecular weight excluding hydrogens is 347 g/mol. The van der Waals surface area contributed by atoms with Crippen LogP contribution in [0.5, 0.6) is 5.75 Å². The number of ether oxygens (including phenoxy) is 1. The van der Waals surface area contributed by atoms with E-state index in [9.17, 15) is 19.5 Å². The van der Waals surface area contributed by atoms with Crippen LogP contribution in [0.15, 0.2) is 18.2 Å². The predicted molar refractivity (Wildman–Crippen MR) is 81.7 cm³/mol. The van der Waals surface area contributed by atoms with E-state index in [0.29, 0.717) is 22.2 Å². The van der Waals surface area contributed by atoms with Crippen LogP contribution in [0.25, 0.3) is 0 Å². The van der Waals surface area contributed by atoms with Crippen LogP contribution in [0.1, 0.15) is 25.7 Å². The number of hydrogen-bond donors (Lipinski definition) is 2. The number of benzene rings is 1. The third-order valence-corrected chi connectivity index (χ3v) is 3.13. The van der Waals surface area contributed by atoms with Gasteiger partial charge in [0.2, 0.25) is 11.8 Å². The Morgan fingerprint density at radius 1 is 1.04 bits per heavy atom. The van der Waals surface area contributed by atoms with E-state index < -0.39 is 24.2 Å². The summed E-state index contributed by atoms with van der Waals surface area (Å²) < 4.78 is 5.40. The molecule has 0 aliphatic carbocycles. The number of aliphatic carboxylic acids is 1. The summed E-state index contributed by atoms with van der Waals surface area (Å²) in [5, 5.41) is 11.0. The van der Waals surface area contributed by atoms with Crippen molar-refractivity contribution in [2.24, 2.45) is 0 Å². The Morgan fingerprint density at radius 2 is 1.70 bits per heavy atom. The molecule has 0 atom stereocenters. The Hall–Kier alpha value is -1.99. The molecule has 9 heteroatoms. The number of halogens is 2. The fourth-order valence-electron chi connectivity index (χ4n) is 1.49. The van der Waals surface area contributed by atoms with Gasteiger partial charge < -0.3 is 14.6 Å². The largest absolute Gasteiger partial charge is 0.550 e. The number of carbonyl (C=O) groups is 3. The summed E-state index contributed by atoms with van der Waals surface area (Å²) in [6, 6.07) is 4.81. The van der Waals surface area contributed by atoms with Crippen molar-refractivity contribution < 1.29 is 24.2 Å². The van der Waals surface area contributed by atoms with Gasteiger partial charge in [0.05, 0.1) is 11.6 Å². The van der Waals surface area contributed by atoms with Crippen molar-refractivity contribution in [1.82, 2.24) is 10.9 Å². The molecule has 23 heavy (non-hydrogen) atoms. The second kappa shape index (κ2) is 9.91. The molecule has 0 aromatic heterocycles. The number of hydrogen-bond acceptors (Lipinski definition) is 5. The summed E-state index contributed by atoms with van der Waals surface area (Å²) in [6.07, 6.45) is -0.149. The second-order valence-electron chi connectivity index (χ2n) is 4.50. The van der Waals surface area contributed by atoms with Gasteiger partial charge in [-0.3, -0.25) is 20.4 Å². The molecule has 126 valence electrons. The molecule has 0 fully saturated rings. The second-order valence-corrected chi connectivity index (χ2v) is 5.34. The first-order chi connectivity index (χ1) is 10.9. The Morgan fingerprint density at radius 3 is 2.30 bits per heavy atom. The number of nitrogens with one attached hydrogen (secondary N) is 2. The Bertz CT molecular complexity index is 580. The van der Waals surface area contributed by atoms with Crippen LogP contribution in [-0.2, 0) is 14.4 Å². The fraction of sp³-hybridized carbons (Fsp3) is 0.357. The van der Waals surface area contributed by atoms with E-state index in [0.717, 1.165) is 0 Å². The summed E-state index contributed by atoms with van der Waals surface area (Å²) in [4.78, 5) is 32.8. The summed E-state index contributed by atoms with van der Waals surface area (Å²) in [5.74, 6) is -1.89. The summed E-state index contributed by atoms with van der Waals surface area (Å²) in [6.45, 7) is 0.257. The van der Waals surface area contributed by atoms with Gasteiger partial charge in [-0.05, 0) is 31.0 Å². The van der Waals surface area contributed by atoms with Crippen LogP contribution in [-0.4, -0.2) is 24.4 Å². The van der Waals surface area contributed by atoms with Crippen molar-refractivity contribution in [2.75, 3.05) is 6.61 Å². The maximum absolute atomic E-state index is 11.5. The van der Waals surface area contributed by atoms with Gasteiger partial charge >= 0.3 is 0 Å². The average Bonchev–Trinajstić information content (AvgIpc) is 2.49. The van der Waals surface area contributed by atoms with E-state index in [-0.39, 0.29) is 19.4 Å². The van der Waals surface area contributed by atoms with E-state index in [1.807, 2.05) is 0 Å². The molecule has 1 aromatic rings. The lowest BCUT2D eigenvalue weighted by molar-refractivity contribution is -0.305. The molecule has 7 nitrogen and oxygen atoms in total. The van der Waals surface area contributed by atoms with Gasteiger partial charge in [-0.1, -0.05) is 23.2 Å². The van der Waals surface area contributed by atoms with Gasteiger partial charge in [-0.25, -0.2) is 0 Å². The molecule has 0 unspecified atom stereocenters. The number of rotatable bonds is 8. The summed E-state index contributed by atoms with van der Waals surface area (Å²) in [7, 11) is 0. The number of carboxylic acids is 1. The Labute approximate surface area is 142 Å².